The summed E-state index contributed by atoms with van der Waals surface area (Å²) in [6, 6.07) is 8.38. The van der Waals surface area contributed by atoms with Crippen LogP contribution >= 0.6 is 0 Å². The van der Waals surface area contributed by atoms with Gasteiger partial charge in [0, 0.05) is 37.7 Å². The number of nitrogens with one attached hydrogen (secondary N) is 1. The smallest absolute Gasteiger partial charge is 0.129 e. The van der Waals surface area contributed by atoms with Crippen LogP contribution < -0.4 is 10.2 Å². The van der Waals surface area contributed by atoms with E-state index in [1.165, 1.54) is 11.1 Å². The van der Waals surface area contributed by atoms with Crippen molar-refractivity contribution in [2.75, 3.05) is 18.5 Å². The van der Waals surface area contributed by atoms with E-state index in [4.69, 9.17) is 0 Å². The van der Waals surface area contributed by atoms with Gasteiger partial charge in [0.15, 0.2) is 0 Å². The van der Waals surface area contributed by atoms with Gasteiger partial charge in [-0.3, -0.25) is 4.98 Å². The third kappa shape index (κ3) is 3.78. The molecule has 2 rings (SSSR count). The van der Waals surface area contributed by atoms with Crippen LogP contribution in [0.1, 0.15) is 23.7 Å². The van der Waals surface area contributed by atoms with Crippen molar-refractivity contribution in [2.45, 2.75) is 26.9 Å². The molecule has 0 aromatic carbocycles. The number of pyridine rings is 2. The summed E-state index contributed by atoms with van der Waals surface area (Å²) in [5.41, 5.74) is 3.57. The third-order valence-corrected chi connectivity index (χ3v) is 3.21. The van der Waals surface area contributed by atoms with Gasteiger partial charge in [-0.1, -0.05) is 0 Å². The van der Waals surface area contributed by atoms with E-state index in [-0.39, 0.29) is 0 Å². The normalized spacial score (nSPS) is 10.6. The van der Waals surface area contributed by atoms with Crippen LogP contribution in [-0.2, 0) is 13.1 Å². The number of nitrogens with zero attached hydrogens (tertiary/aromatic N) is 3. The van der Waals surface area contributed by atoms with Crippen LogP contribution in [0, 0.1) is 6.92 Å². The minimum absolute atomic E-state index is 0.856. The van der Waals surface area contributed by atoms with Crippen molar-refractivity contribution < 1.29 is 0 Å². The number of anilines is 1. The summed E-state index contributed by atoms with van der Waals surface area (Å²) in [6.45, 7) is 6.85. The summed E-state index contributed by atoms with van der Waals surface area (Å²) in [4.78, 5) is 11.0. The molecule has 0 spiro atoms. The van der Waals surface area contributed by atoms with Gasteiger partial charge in [0.25, 0.3) is 0 Å². The highest BCUT2D eigenvalue weighted by molar-refractivity contribution is 5.43. The lowest BCUT2D eigenvalue weighted by molar-refractivity contribution is 0.790. The third-order valence-electron chi connectivity index (χ3n) is 3.21. The second-order valence-corrected chi connectivity index (χ2v) is 4.87. The van der Waals surface area contributed by atoms with Crippen LogP contribution in [0.4, 0.5) is 5.82 Å². The maximum Gasteiger partial charge on any atom is 0.129 e. The molecule has 2 aromatic heterocycles. The van der Waals surface area contributed by atoms with E-state index in [2.05, 4.69) is 39.2 Å². The van der Waals surface area contributed by atoms with E-state index in [0.29, 0.717) is 0 Å². The van der Waals surface area contributed by atoms with Gasteiger partial charge >= 0.3 is 0 Å². The molecule has 0 amide bonds. The zero-order valence-corrected chi connectivity index (χ0v) is 12.4. The lowest BCUT2D eigenvalue weighted by Crippen LogP contribution is -2.23. The maximum absolute atomic E-state index is 4.67. The fourth-order valence-electron chi connectivity index (χ4n) is 2.25. The van der Waals surface area contributed by atoms with Gasteiger partial charge in [-0.15, -0.1) is 0 Å². The molecular weight excluding hydrogens is 248 g/mol. The monoisotopic (exact) mass is 270 g/mol. The van der Waals surface area contributed by atoms with E-state index in [9.17, 15) is 0 Å². The Balaban J connectivity index is 2.22. The van der Waals surface area contributed by atoms with Crippen molar-refractivity contribution in [3.05, 3.63) is 53.5 Å². The molecule has 1 N–H and O–H groups in total. The molecule has 0 aliphatic carbocycles. The van der Waals surface area contributed by atoms with E-state index in [0.717, 1.165) is 31.1 Å². The molecule has 0 aliphatic rings. The highest BCUT2D eigenvalue weighted by Gasteiger charge is 2.08. The first-order valence-corrected chi connectivity index (χ1v) is 6.99. The van der Waals surface area contributed by atoms with E-state index >= 15 is 0 Å². The molecule has 0 aliphatic heterocycles. The molecule has 4 heteroatoms. The van der Waals surface area contributed by atoms with Gasteiger partial charge in [0.05, 0.1) is 0 Å². The Labute approximate surface area is 120 Å². The van der Waals surface area contributed by atoms with Crippen LogP contribution in [0.5, 0.6) is 0 Å². The standard InChI is InChI=1S/C16H22N4/c1-4-20(12-14-5-7-18-8-6-14)16-10-15(11-17-3)9-13(2)19-16/h5-10,17H,4,11-12H2,1-3H3. The first kappa shape index (κ1) is 14.5. The Hall–Kier alpha value is -1.94. The van der Waals surface area contributed by atoms with Crippen molar-refractivity contribution in [1.82, 2.24) is 15.3 Å². The number of aromatic nitrogens is 2. The molecule has 0 saturated carbocycles. The van der Waals surface area contributed by atoms with E-state index < -0.39 is 0 Å². The van der Waals surface area contributed by atoms with Gasteiger partial charge < -0.3 is 10.2 Å². The SMILES string of the molecule is CCN(Cc1ccncc1)c1cc(CNC)cc(C)n1. The predicted octanol–water partition coefficient (Wildman–Crippen LogP) is 2.53. The molecule has 0 unspecified atom stereocenters. The zero-order valence-electron chi connectivity index (χ0n) is 12.4. The molecule has 4 nitrogen and oxygen atoms in total. The molecule has 106 valence electrons. The second-order valence-electron chi connectivity index (χ2n) is 4.87. The first-order chi connectivity index (χ1) is 9.72. The van der Waals surface area contributed by atoms with Crippen LogP contribution in [0.15, 0.2) is 36.7 Å². The van der Waals surface area contributed by atoms with Gasteiger partial charge in [-0.2, -0.15) is 0 Å². The number of hydrogen-bond acceptors (Lipinski definition) is 4. The van der Waals surface area contributed by atoms with Crippen LogP contribution in [0.2, 0.25) is 0 Å². The predicted molar refractivity (Wildman–Crippen MR) is 82.7 cm³/mol. The van der Waals surface area contributed by atoms with Gasteiger partial charge in [-0.25, -0.2) is 4.98 Å². The Morgan fingerprint density at radius 1 is 1.15 bits per heavy atom. The molecular formula is C16H22N4. The van der Waals surface area contributed by atoms with Gasteiger partial charge in [-0.05, 0) is 56.3 Å². The highest BCUT2D eigenvalue weighted by Crippen LogP contribution is 2.17. The number of aryl methyl sites for hydroxylation is 1. The van der Waals surface area contributed by atoms with Crippen molar-refractivity contribution in [1.29, 1.82) is 0 Å². The Bertz CT molecular complexity index is 539. The molecule has 0 atom stereocenters. The highest BCUT2D eigenvalue weighted by atomic mass is 15.2. The van der Waals surface area contributed by atoms with Crippen molar-refractivity contribution in [2.24, 2.45) is 0 Å². The fourth-order valence-corrected chi connectivity index (χ4v) is 2.25. The summed E-state index contributed by atoms with van der Waals surface area (Å²) in [6.07, 6.45) is 3.67. The lowest BCUT2D eigenvalue weighted by Gasteiger charge is -2.23. The first-order valence-electron chi connectivity index (χ1n) is 6.99. The fraction of sp³-hybridized carbons (Fsp3) is 0.375. The van der Waals surface area contributed by atoms with E-state index in [1.807, 2.05) is 38.5 Å². The molecule has 0 radical (unpaired) electrons. The van der Waals surface area contributed by atoms with Crippen molar-refractivity contribution >= 4 is 5.82 Å². The molecule has 0 bridgehead atoms. The van der Waals surface area contributed by atoms with Gasteiger partial charge in [0.2, 0.25) is 0 Å². The topological polar surface area (TPSA) is 41.1 Å². The minimum Gasteiger partial charge on any atom is -0.353 e. The van der Waals surface area contributed by atoms with Crippen molar-refractivity contribution in [3.63, 3.8) is 0 Å². The summed E-state index contributed by atoms with van der Waals surface area (Å²) in [5, 5.41) is 3.19. The molecule has 20 heavy (non-hydrogen) atoms. The number of rotatable bonds is 6. The molecule has 2 heterocycles. The summed E-state index contributed by atoms with van der Waals surface area (Å²) in [5.74, 6) is 1.04. The van der Waals surface area contributed by atoms with Crippen molar-refractivity contribution in [3.8, 4) is 0 Å². The Kier molecular flexibility index (Phi) is 5.07. The summed E-state index contributed by atoms with van der Waals surface area (Å²) in [7, 11) is 1.96. The minimum atomic E-state index is 0.856. The van der Waals surface area contributed by atoms with Crippen LogP contribution in [0.25, 0.3) is 0 Å². The lowest BCUT2D eigenvalue weighted by atomic mass is 10.2. The zero-order chi connectivity index (χ0) is 14.4. The summed E-state index contributed by atoms with van der Waals surface area (Å²) >= 11 is 0. The number of hydrogen-bond donors (Lipinski definition) is 1. The second kappa shape index (κ2) is 7.01. The Morgan fingerprint density at radius 2 is 1.90 bits per heavy atom. The maximum atomic E-state index is 4.67. The average molecular weight is 270 g/mol. The van der Waals surface area contributed by atoms with Crippen LogP contribution in [-0.4, -0.2) is 23.6 Å². The quantitative estimate of drug-likeness (QED) is 0.876. The van der Waals surface area contributed by atoms with Gasteiger partial charge in [0.1, 0.15) is 5.82 Å². The largest absolute Gasteiger partial charge is 0.353 e. The molecule has 0 saturated heterocycles. The average Bonchev–Trinajstić information content (AvgIpc) is 2.45. The molecule has 2 aromatic rings. The van der Waals surface area contributed by atoms with E-state index in [1.54, 1.807) is 0 Å². The van der Waals surface area contributed by atoms with Crippen LogP contribution in [0.3, 0.4) is 0 Å². The summed E-state index contributed by atoms with van der Waals surface area (Å²) < 4.78 is 0. The molecule has 0 fully saturated rings. The Morgan fingerprint density at radius 3 is 2.55 bits per heavy atom.